The van der Waals surface area contributed by atoms with Crippen molar-refractivity contribution in [1.29, 1.82) is 0 Å². The molecule has 0 saturated heterocycles. The van der Waals surface area contributed by atoms with Gasteiger partial charge in [0.1, 0.15) is 16.4 Å². The second-order valence-corrected chi connectivity index (χ2v) is 7.74. The van der Waals surface area contributed by atoms with Crippen molar-refractivity contribution < 1.29 is 9.21 Å². The van der Waals surface area contributed by atoms with E-state index in [-0.39, 0.29) is 5.78 Å². The van der Waals surface area contributed by atoms with E-state index in [1.165, 1.54) is 18.7 Å². The quantitative estimate of drug-likeness (QED) is 0.392. The summed E-state index contributed by atoms with van der Waals surface area (Å²) < 4.78 is 6.07. The molecule has 4 heterocycles. The summed E-state index contributed by atoms with van der Waals surface area (Å²) in [5.74, 6) is 0.353. The van der Waals surface area contributed by atoms with Crippen LogP contribution in [0.25, 0.3) is 22.7 Å². The van der Waals surface area contributed by atoms with E-state index in [9.17, 15) is 4.79 Å². The Hall–Kier alpha value is -3.03. The van der Waals surface area contributed by atoms with Crippen LogP contribution in [0, 0.1) is 6.92 Å². The first-order chi connectivity index (χ1) is 14.0. The average Bonchev–Trinajstić information content (AvgIpc) is 3.13. The van der Waals surface area contributed by atoms with Gasteiger partial charge >= 0.3 is 0 Å². The van der Waals surface area contributed by atoms with Gasteiger partial charge in [0, 0.05) is 37.3 Å². The van der Waals surface area contributed by atoms with Crippen molar-refractivity contribution in [2.45, 2.75) is 24.0 Å². The van der Waals surface area contributed by atoms with Crippen molar-refractivity contribution in [1.82, 2.24) is 19.9 Å². The van der Waals surface area contributed by atoms with Crippen LogP contribution >= 0.6 is 23.4 Å². The van der Waals surface area contributed by atoms with E-state index in [2.05, 4.69) is 19.9 Å². The minimum Gasteiger partial charge on any atom is -0.429 e. The second-order valence-electron chi connectivity index (χ2n) is 6.31. The number of rotatable bonds is 5. The molecule has 4 rings (SSSR count). The molecule has 4 aromatic rings. The summed E-state index contributed by atoms with van der Waals surface area (Å²) in [4.78, 5) is 28.9. The smallest absolute Gasteiger partial charge is 0.229 e. The highest BCUT2D eigenvalue weighted by molar-refractivity contribution is 7.99. The molecule has 0 aromatic carbocycles. The zero-order valence-electron chi connectivity index (χ0n) is 15.6. The van der Waals surface area contributed by atoms with E-state index in [0.717, 1.165) is 16.7 Å². The predicted octanol–water partition coefficient (Wildman–Crippen LogP) is 5.51. The van der Waals surface area contributed by atoms with Crippen molar-refractivity contribution in [2.75, 3.05) is 0 Å². The number of hydrogen-bond acceptors (Lipinski definition) is 7. The van der Waals surface area contributed by atoms with Gasteiger partial charge in [-0.25, -0.2) is 9.97 Å². The highest BCUT2D eigenvalue weighted by Gasteiger charge is 2.19. The fourth-order valence-corrected chi connectivity index (χ4v) is 3.54. The molecule has 0 aliphatic rings. The molecule has 0 spiro atoms. The Bertz CT molecular complexity index is 1170. The molecule has 0 unspecified atom stereocenters. The van der Waals surface area contributed by atoms with Crippen molar-refractivity contribution in [3.63, 3.8) is 0 Å². The van der Waals surface area contributed by atoms with Gasteiger partial charge in [0.15, 0.2) is 10.9 Å². The zero-order valence-corrected chi connectivity index (χ0v) is 17.2. The zero-order chi connectivity index (χ0) is 20.4. The van der Waals surface area contributed by atoms with Crippen molar-refractivity contribution in [3.8, 4) is 22.7 Å². The number of oxazole rings is 1. The summed E-state index contributed by atoms with van der Waals surface area (Å²) in [5.41, 5.74) is 3.53. The Balaban J connectivity index is 1.78. The van der Waals surface area contributed by atoms with Crippen LogP contribution in [0.2, 0.25) is 5.02 Å². The van der Waals surface area contributed by atoms with Crippen molar-refractivity contribution in [3.05, 3.63) is 71.4 Å². The van der Waals surface area contributed by atoms with Crippen LogP contribution < -0.4 is 0 Å². The molecule has 6 nitrogen and oxygen atoms in total. The molecule has 29 heavy (non-hydrogen) atoms. The van der Waals surface area contributed by atoms with E-state index in [4.69, 9.17) is 16.0 Å². The molecule has 4 aromatic heterocycles. The Morgan fingerprint density at radius 2 is 1.90 bits per heavy atom. The summed E-state index contributed by atoms with van der Waals surface area (Å²) in [5, 5.41) is 1.84. The van der Waals surface area contributed by atoms with Crippen molar-refractivity contribution >= 4 is 29.1 Å². The van der Waals surface area contributed by atoms with Gasteiger partial charge < -0.3 is 4.42 Å². The van der Waals surface area contributed by atoms with Gasteiger partial charge in [0.2, 0.25) is 5.89 Å². The number of aromatic nitrogens is 4. The van der Waals surface area contributed by atoms with E-state index in [1.54, 1.807) is 43.0 Å². The first-order valence-corrected chi connectivity index (χ1v) is 9.88. The molecule has 0 fully saturated rings. The third kappa shape index (κ3) is 4.36. The number of nitrogens with zero attached hydrogens (tertiary/aromatic N) is 4. The Labute approximate surface area is 176 Å². The van der Waals surface area contributed by atoms with E-state index < -0.39 is 0 Å². The fourth-order valence-electron chi connectivity index (χ4n) is 2.61. The lowest BCUT2D eigenvalue weighted by molar-refractivity contribution is 0.101. The molecule has 0 atom stereocenters. The minimum absolute atomic E-state index is 0.0943. The summed E-state index contributed by atoms with van der Waals surface area (Å²) in [6.07, 6.45) is 6.67. The van der Waals surface area contributed by atoms with Gasteiger partial charge in [-0.15, -0.1) is 0 Å². The maximum Gasteiger partial charge on any atom is 0.229 e. The highest BCUT2D eigenvalue weighted by atomic mass is 35.5. The average molecular weight is 423 g/mol. The van der Waals surface area contributed by atoms with Crippen LogP contribution in [0.5, 0.6) is 0 Å². The van der Waals surface area contributed by atoms with Gasteiger partial charge in [0.25, 0.3) is 0 Å². The lowest BCUT2D eigenvalue weighted by atomic mass is 10.2. The van der Waals surface area contributed by atoms with E-state index in [0.29, 0.717) is 32.4 Å². The van der Waals surface area contributed by atoms with Crippen molar-refractivity contribution in [2.24, 2.45) is 0 Å². The fraction of sp³-hybridized carbons (Fsp3) is 0.0952. The summed E-state index contributed by atoms with van der Waals surface area (Å²) in [6, 6.07) is 9.01. The molecular weight excluding hydrogens is 408 g/mol. The van der Waals surface area contributed by atoms with Crippen LogP contribution in [0.3, 0.4) is 0 Å². The molecule has 0 aliphatic heterocycles. The molecule has 0 saturated carbocycles. The first kappa shape index (κ1) is 19.3. The Kier molecular flexibility index (Phi) is 5.42. The van der Waals surface area contributed by atoms with Gasteiger partial charge in [-0.3, -0.25) is 14.8 Å². The largest absolute Gasteiger partial charge is 0.429 e. The molecule has 0 bridgehead atoms. The van der Waals surface area contributed by atoms with Crippen LogP contribution in [0.15, 0.2) is 69.7 Å². The second kappa shape index (κ2) is 8.14. The van der Waals surface area contributed by atoms with Crippen LogP contribution in [-0.4, -0.2) is 25.7 Å². The van der Waals surface area contributed by atoms with Crippen LogP contribution in [-0.2, 0) is 0 Å². The summed E-state index contributed by atoms with van der Waals surface area (Å²) >= 11 is 7.26. The number of ketones is 1. The van der Waals surface area contributed by atoms with Gasteiger partial charge in [-0.05, 0) is 54.6 Å². The van der Waals surface area contributed by atoms with Gasteiger partial charge in [-0.1, -0.05) is 11.6 Å². The van der Waals surface area contributed by atoms with Crippen LogP contribution in [0.4, 0.5) is 0 Å². The molecule has 0 radical (unpaired) electrons. The molecular formula is C21H15ClN4O2S. The highest BCUT2D eigenvalue weighted by Crippen LogP contribution is 2.38. The predicted molar refractivity (Wildman–Crippen MR) is 111 cm³/mol. The summed E-state index contributed by atoms with van der Waals surface area (Å²) in [6.45, 7) is 3.44. The third-order valence-corrected chi connectivity index (χ3v) is 5.15. The number of carbonyl (C=O) groups excluding carboxylic acids is 1. The van der Waals surface area contributed by atoms with Gasteiger partial charge in [0.05, 0.1) is 10.6 Å². The number of hydrogen-bond donors (Lipinski definition) is 0. The maximum atomic E-state index is 11.5. The summed E-state index contributed by atoms with van der Waals surface area (Å²) in [7, 11) is 0. The normalized spacial score (nSPS) is 10.9. The number of aryl methyl sites for hydroxylation is 1. The third-order valence-electron chi connectivity index (χ3n) is 4.01. The molecule has 0 aliphatic carbocycles. The number of carbonyl (C=O) groups is 1. The number of pyridine rings is 3. The SMILES string of the molecule is CC(=O)c1ccc(-c2nc(-c3cncc(C)c3)oc2Sc2ccc(Cl)cn2)cn1. The van der Waals surface area contributed by atoms with E-state index >= 15 is 0 Å². The van der Waals surface area contributed by atoms with E-state index in [1.807, 2.05) is 19.1 Å². The molecule has 0 amide bonds. The first-order valence-electron chi connectivity index (χ1n) is 8.69. The topological polar surface area (TPSA) is 81.8 Å². The number of Topliss-reactive ketones (excluding diaryl/α,β-unsaturated/α-hetero) is 1. The van der Waals surface area contributed by atoms with Gasteiger partial charge in [-0.2, -0.15) is 0 Å². The molecule has 0 N–H and O–H groups in total. The number of halogens is 1. The van der Waals surface area contributed by atoms with Crippen LogP contribution in [0.1, 0.15) is 23.0 Å². The molecule has 144 valence electrons. The Morgan fingerprint density at radius 1 is 1.03 bits per heavy atom. The Morgan fingerprint density at radius 3 is 2.55 bits per heavy atom. The monoisotopic (exact) mass is 422 g/mol. The maximum absolute atomic E-state index is 11.5. The lowest BCUT2D eigenvalue weighted by Gasteiger charge is -2.02. The molecule has 8 heteroatoms. The lowest BCUT2D eigenvalue weighted by Crippen LogP contribution is -1.96. The minimum atomic E-state index is -0.0943. The standard InChI is InChI=1S/C21H15ClN4O2S/c1-12-7-15(9-23-8-12)20-26-19(14-3-5-17(13(2)27)24-10-14)21(28-20)29-18-6-4-16(22)11-25-18/h3-11H,1-2H3.